The van der Waals surface area contributed by atoms with Gasteiger partial charge >= 0.3 is 0 Å². The molecule has 0 radical (unpaired) electrons. The Bertz CT molecular complexity index is 1270. The van der Waals surface area contributed by atoms with Crippen molar-refractivity contribution in [3.8, 4) is 28.2 Å². The van der Waals surface area contributed by atoms with Crippen LogP contribution in [0.25, 0.3) is 28.2 Å². The van der Waals surface area contributed by atoms with Gasteiger partial charge in [-0.1, -0.05) is 23.7 Å². The number of hydrogen-bond donors (Lipinski definition) is 1. The minimum atomic E-state index is -3.79. The van der Waals surface area contributed by atoms with Gasteiger partial charge in [-0.05, 0) is 66.7 Å². The number of hydrogen-bond acceptors (Lipinski definition) is 3. The van der Waals surface area contributed by atoms with Crippen molar-refractivity contribution in [1.29, 1.82) is 0 Å². The Morgan fingerprint density at radius 2 is 1.45 bits per heavy atom. The SMILES string of the molecule is NS(=O)(=O)c1ccc(-n2nc(-c3ccc(F)cc3)cc2-c2ccc(Cl)cc2)cc1. The van der Waals surface area contributed by atoms with Crippen molar-refractivity contribution < 1.29 is 12.8 Å². The highest BCUT2D eigenvalue weighted by Gasteiger charge is 2.15. The van der Waals surface area contributed by atoms with E-state index in [0.29, 0.717) is 16.4 Å². The van der Waals surface area contributed by atoms with Crippen LogP contribution in [0.1, 0.15) is 0 Å². The van der Waals surface area contributed by atoms with Crippen molar-refractivity contribution in [2.75, 3.05) is 0 Å². The third kappa shape index (κ3) is 4.07. The lowest BCUT2D eigenvalue weighted by atomic mass is 10.1. The summed E-state index contributed by atoms with van der Waals surface area (Å²) < 4.78 is 38.0. The summed E-state index contributed by atoms with van der Waals surface area (Å²) in [6, 6.07) is 21.3. The predicted molar refractivity (Wildman–Crippen MR) is 111 cm³/mol. The zero-order valence-corrected chi connectivity index (χ0v) is 16.5. The van der Waals surface area contributed by atoms with E-state index < -0.39 is 10.0 Å². The molecule has 1 aromatic heterocycles. The number of halogens is 2. The molecule has 0 spiro atoms. The fourth-order valence-corrected chi connectivity index (χ4v) is 3.58. The van der Waals surface area contributed by atoms with Crippen LogP contribution in [0.2, 0.25) is 5.02 Å². The number of benzene rings is 3. The van der Waals surface area contributed by atoms with Gasteiger partial charge in [-0.2, -0.15) is 5.10 Å². The van der Waals surface area contributed by atoms with Crippen LogP contribution in [-0.4, -0.2) is 18.2 Å². The van der Waals surface area contributed by atoms with E-state index >= 15 is 0 Å². The highest BCUT2D eigenvalue weighted by atomic mass is 35.5. The number of rotatable bonds is 4. The van der Waals surface area contributed by atoms with Crippen LogP contribution in [0.3, 0.4) is 0 Å². The van der Waals surface area contributed by atoms with E-state index in [1.54, 1.807) is 41.1 Å². The molecule has 4 aromatic rings. The summed E-state index contributed by atoms with van der Waals surface area (Å²) in [4.78, 5) is 0.0141. The second kappa shape index (κ2) is 7.44. The molecule has 1 heterocycles. The Balaban J connectivity index is 1.86. The largest absolute Gasteiger partial charge is 0.238 e. The topological polar surface area (TPSA) is 78.0 Å². The molecule has 0 saturated heterocycles. The van der Waals surface area contributed by atoms with Crippen molar-refractivity contribution in [3.63, 3.8) is 0 Å². The summed E-state index contributed by atoms with van der Waals surface area (Å²) in [7, 11) is -3.79. The molecule has 0 bridgehead atoms. The molecular formula is C21H15ClFN3O2S. The molecule has 2 N–H and O–H groups in total. The zero-order chi connectivity index (χ0) is 20.6. The molecule has 4 rings (SSSR count). The molecule has 0 aliphatic rings. The zero-order valence-electron chi connectivity index (χ0n) is 15.0. The maximum absolute atomic E-state index is 13.3. The van der Waals surface area contributed by atoms with Gasteiger partial charge in [0.2, 0.25) is 10.0 Å². The maximum atomic E-state index is 13.3. The van der Waals surface area contributed by atoms with Crippen molar-refractivity contribution >= 4 is 21.6 Å². The number of aromatic nitrogens is 2. The third-order valence-electron chi connectivity index (χ3n) is 4.40. The monoisotopic (exact) mass is 427 g/mol. The Morgan fingerprint density at radius 1 is 0.862 bits per heavy atom. The molecular weight excluding hydrogens is 413 g/mol. The van der Waals surface area contributed by atoms with Gasteiger partial charge in [0.05, 0.1) is 22.0 Å². The van der Waals surface area contributed by atoms with Gasteiger partial charge in [-0.25, -0.2) is 22.6 Å². The van der Waals surface area contributed by atoms with E-state index in [1.165, 1.54) is 24.3 Å². The van der Waals surface area contributed by atoms with Crippen LogP contribution >= 0.6 is 11.6 Å². The molecule has 0 aliphatic heterocycles. The van der Waals surface area contributed by atoms with Crippen LogP contribution < -0.4 is 5.14 Å². The molecule has 29 heavy (non-hydrogen) atoms. The van der Waals surface area contributed by atoms with E-state index in [2.05, 4.69) is 5.10 Å². The Kier molecular flexibility index (Phi) is 4.96. The van der Waals surface area contributed by atoms with Crippen LogP contribution in [-0.2, 0) is 10.0 Å². The van der Waals surface area contributed by atoms with Gasteiger partial charge in [0.25, 0.3) is 0 Å². The van der Waals surface area contributed by atoms with Crippen molar-refractivity contribution in [3.05, 3.63) is 89.7 Å². The van der Waals surface area contributed by atoms with Gasteiger partial charge < -0.3 is 0 Å². The summed E-state index contributed by atoms with van der Waals surface area (Å²) in [6.07, 6.45) is 0. The van der Waals surface area contributed by atoms with E-state index in [1.807, 2.05) is 18.2 Å². The highest BCUT2D eigenvalue weighted by molar-refractivity contribution is 7.89. The summed E-state index contributed by atoms with van der Waals surface area (Å²) in [5.74, 6) is -0.329. The van der Waals surface area contributed by atoms with E-state index in [4.69, 9.17) is 16.7 Å². The summed E-state index contributed by atoms with van der Waals surface area (Å²) in [6.45, 7) is 0. The van der Waals surface area contributed by atoms with Gasteiger partial charge in [0.15, 0.2) is 0 Å². The average Bonchev–Trinajstić information content (AvgIpc) is 3.14. The van der Waals surface area contributed by atoms with Crippen LogP contribution in [0.15, 0.2) is 83.8 Å². The van der Waals surface area contributed by atoms with Crippen molar-refractivity contribution in [2.24, 2.45) is 5.14 Å². The van der Waals surface area contributed by atoms with Gasteiger partial charge in [0.1, 0.15) is 5.82 Å². The third-order valence-corrected chi connectivity index (χ3v) is 5.58. The van der Waals surface area contributed by atoms with E-state index in [0.717, 1.165) is 16.8 Å². The molecule has 0 fully saturated rings. The molecule has 8 heteroatoms. The molecule has 5 nitrogen and oxygen atoms in total. The lowest BCUT2D eigenvalue weighted by Gasteiger charge is -2.08. The van der Waals surface area contributed by atoms with Gasteiger partial charge in [-0.3, -0.25) is 0 Å². The Labute approximate surface area is 172 Å². The molecule has 0 saturated carbocycles. The molecule has 0 amide bonds. The fourth-order valence-electron chi connectivity index (χ4n) is 2.94. The Hall–Kier alpha value is -3.00. The van der Waals surface area contributed by atoms with Crippen LogP contribution in [0, 0.1) is 5.82 Å². The normalized spacial score (nSPS) is 11.6. The lowest BCUT2D eigenvalue weighted by molar-refractivity contribution is 0.597. The second-order valence-corrected chi connectivity index (χ2v) is 8.38. The Morgan fingerprint density at radius 3 is 2.03 bits per heavy atom. The highest BCUT2D eigenvalue weighted by Crippen LogP contribution is 2.30. The molecule has 146 valence electrons. The van der Waals surface area contributed by atoms with Crippen molar-refractivity contribution in [2.45, 2.75) is 4.90 Å². The number of nitrogens with zero attached hydrogens (tertiary/aromatic N) is 2. The van der Waals surface area contributed by atoms with Gasteiger partial charge in [0, 0.05) is 16.1 Å². The summed E-state index contributed by atoms with van der Waals surface area (Å²) in [5.41, 5.74) is 3.68. The van der Waals surface area contributed by atoms with E-state index in [9.17, 15) is 12.8 Å². The quantitative estimate of drug-likeness (QED) is 0.515. The first-order valence-corrected chi connectivity index (χ1v) is 10.5. The number of primary sulfonamides is 1. The number of sulfonamides is 1. The maximum Gasteiger partial charge on any atom is 0.238 e. The average molecular weight is 428 g/mol. The first-order valence-electron chi connectivity index (χ1n) is 8.56. The predicted octanol–water partition coefficient (Wildman–Crippen LogP) is 4.65. The minimum Gasteiger partial charge on any atom is -0.232 e. The smallest absolute Gasteiger partial charge is 0.232 e. The second-order valence-electron chi connectivity index (χ2n) is 6.38. The molecule has 3 aromatic carbocycles. The number of nitrogens with two attached hydrogens (primary N) is 1. The minimum absolute atomic E-state index is 0.0141. The van der Waals surface area contributed by atoms with Crippen LogP contribution in [0.5, 0.6) is 0 Å². The summed E-state index contributed by atoms with van der Waals surface area (Å²) in [5, 5.41) is 10.4. The molecule has 0 aliphatic carbocycles. The fraction of sp³-hybridized carbons (Fsp3) is 0. The van der Waals surface area contributed by atoms with Crippen molar-refractivity contribution in [1.82, 2.24) is 9.78 Å². The lowest BCUT2D eigenvalue weighted by Crippen LogP contribution is -2.12. The molecule has 0 unspecified atom stereocenters. The molecule has 0 atom stereocenters. The first-order chi connectivity index (χ1) is 13.8. The van der Waals surface area contributed by atoms with Gasteiger partial charge in [-0.15, -0.1) is 0 Å². The first kappa shape index (κ1) is 19.3. The standard InChI is InChI=1S/C21H15ClFN3O2S/c22-16-5-1-15(2-6-16)21-13-20(14-3-7-17(23)8-4-14)25-26(21)18-9-11-19(12-10-18)29(24,27)28/h1-13H,(H2,24,27,28). The van der Waals surface area contributed by atoms with E-state index in [-0.39, 0.29) is 10.7 Å². The van der Waals surface area contributed by atoms with Crippen LogP contribution in [0.4, 0.5) is 4.39 Å². The summed E-state index contributed by atoms with van der Waals surface area (Å²) >= 11 is 6.01.